The van der Waals surface area contributed by atoms with Gasteiger partial charge < -0.3 is 14.7 Å². The van der Waals surface area contributed by atoms with Crippen molar-refractivity contribution < 1.29 is 14.6 Å². The van der Waals surface area contributed by atoms with Crippen molar-refractivity contribution in [2.45, 2.75) is 57.8 Å². The minimum Gasteiger partial charge on any atom is -0.481 e. The van der Waals surface area contributed by atoms with E-state index in [0.717, 1.165) is 31.2 Å². The van der Waals surface area contributed by atoms with E-state index in [1.807, 2.05) is 31.2 Å². The first kappa shape index (κ1) is 15.8. The second kappa shape index (κ2) is 6.94. The average Bonchev–Trinajstić information content (AvgIpc) is 2.46. The topological polar surface area (TPSA) is 49.8 Å². The molecule has 0 unspecified atom stereocenters. The molecule has 0 radical (unpaired) electrons. The summed E-state index contributed by atoms with van der Waals surface area (Å²) in [5.41, 5.74) is 1.10. The number of rotatable bonds is 4. The zero-order chi connectivity index (χ0) is 15.4. The fourth-order valence-electron chi connectivity index (χ4n) is 2.94. The van der Waals surface area contributed by atoms with E-state index in [4.69, 9.17) is 4.74 Å². The van der Waals surface area contributed by atoms with Crippen LogP contribution in [0.5, 0.6) is 5.75 Å². The van der Waals surface area contributed by atoms with Gasteiger partial charge in [0.2, 0.25) is 0 Å². The van der Waals surface area contributed by atoms with Gasteiger partial charge in [0.25, 0.3) is 5.91 Å². The minimum atomic E-state index is -0.550. The number of benzene rings is 1. The lowest BCUT2D eigenvalue weighted by atomic mass is 9.91. The quantitative estimate of drug-likeness (QED) is 0.927. The average molecular weight is 291 g/mol. The van der Waals surface area contributed by atoms with Gasteiger partial charge in [-0.1, -0.05) is 25.0 Å². The van der Waals surface area contributed by atoms with Crippen LogP contribution in [0.25, 0.3) is 0 Å². The molecule has 0 spiro atoms. The third kappa shape index (κ3) is 3.97. The van der Waals surface area contributed by atoms with Crippen LogP contribution in [0, 0.1) is 6.92 Å². The lowest BCUT2D eigenvalue weighted by molar-refractivity contribution is -0.142. The van der Waals surface area contributed by atoms with Crippen LogP contribution in [-0.2, 0) is 4.79 Å². The first-order valence-corrected chi connectivity index (χ1v) is 7.67. The van der Waals surface area contributed by atoms with Crippen LogP contribution in [0.1, 0.15) is 38.2 Å². The summed E-state index contributed by atoms with van der Waals surface area (Å²) in [6, 6.07) is 7.58. The summed E-state index contributed by atoms with van der Waals surface area (Å²) in [5, 5.41) is 10.1. The van der Waals surface area contributed by atoms with Gasteiger partial charge in [-0.05, 0) is 44.4 Å². The molecule has 0 aromatic heterocycles. The Labute approximate surface area is 126 Å². The van der Waals surface area contributed by atoms with Gasteiger partial charge in [0.15, 0.2) is 6.10 Å². The van der Waals surface area contributed by atoms with E-state index >= 15 is 0 Å². The van der Waals surface area contributed by atoms with Crippen LogP contribution in [0.2, 0.25) is 0 Å². The van der Waals surface area contributed by atoms with Crippen molar-refractivity contribution in [1.82, 2.24) is 4.90 Å². The second-order valence-corrected chi connectivity index (χ2v) is 5.94. The number of aryl methyl sites for hydroxylation is 1. The molecule has 1 N–H and O–H groups in total. The Balaban J connectivity index is 1.98. The molecule has 2 rings (SSSR count). The summed E-state index contributed by atoms with van der Waals surface area (Å²) < 4.78 is 5.73. The third-order valence-electron chi connectivity index (χ3n) is 4.19. The van der Waals surface area contributed by atoms with E-state index in [1.165, 1.54) is 0 Å². The highest BCUT2D eigenvalue weighted by Gasteiger charge is 2.31. The molecule has 1 aliphatic rings. The van der Waals surface area contributed by atoms with E-state index < -0.39 is 12.2 Å². The number of hydrogen-bond acceptors (Lipinski definition) is 3. The second-order valence-electron chi connectivity index (χ2n) is 5.94. The third-order valence-corrected chi connectivity index (χ3v) is 4.19. The van der Waals surface area contributed by atoms with Crippen molar-refractivity contribution in [1.29, 1.82) is 0 Å². The normalized spacial score (nSPS) is 23.4. The van der Waals surface area contributed by atoms with Crippen molar-refractivity contribution in [3.8, 4) is 5.75 Å². The number of aliphatic hydroxyl groups excluding tert-OH is 1. The van der Waals surface area contributed by atoms with Crippen LogP contribution >= 0.6 is 0 Å². The largest absolute Gasteiger partial charge is 0.481 e. The highest BCUT2D eigenvalue weighted by atomic mass is 16.5. The number of carbonyl (C=O) groups excluding carboxylic acids is 1. The highest BCUT2D eigenvalue weighted by molar-refractivity contribution is 5.81. The summed E-state index contributed by atoms with van der Waals surface area (Å²) in [5.74, 6) is 0.621. The van der Waals surface area contributed by atoms with E-state index in [2.05, 4.69) is 0 Å². The van der Waals surface area contributed by atoms with E-state index in [-0.39, 0.29) is 11.9 Å². The monoisotopic (exact) mass is 291 g/mol. The fraction of sp³-hybridized carbons (Fsp3) is 0.588. The van der Waals surface area contributed by atoms with Crippen molar-refractivity contribution in [3.05, 3.63) is 29.8 Å². The molecule has 0 saturated heterocycles. The van der Waals surface area contributed by atoms with Gasteiger partial charge in [0, 0.05) is 7.05 Å². The SMILES string of the molecule is Cc1cccc(O[C@H](C)C(=O)N(C)[C@@H]2CCCC[C@H]2O)c1. The first-order chi connectivity index (χ1) is 9.99. The Kier molecular flexibility index (Phi) is 5.23. The van der Waals surface area contributed by atoms with Crippen molar-refractivity contribution in [3.63, 3.8) is 0 Å². The summed E-state index contributed by atoms with van der Waals surface area (Å²) in [7, 11) is 1.76. The number of aliphatic hydroxyl groups is 1. The smallest absolute Gasteiger partial charge is 0.263 e. The van der Waals surface area contributed by atoms with Crippen molar-refractivity contribution >= 4 is 5.91 Å². The molecule has 1 aromatic rings. The van der Waals surface area contributed by atoms with Crippen LogP contribution in [0.4, 0.5) is 0 Å². The highest BCUT2D eigenvalue weighted by Crippen LogP contribution is 2.23. The number of nitrogens with zero attached hydrogens (tertiary/aromatic N) is 1. The standard InChI is InChI=1S/C17H25NO3/c1-12-7-6-8-14(11-12)21-13(2)17(20)18(3)15-9-4-5-10-16(15)19/h6-8,11,13,15-16,19H,4-5,9-10H2,1-3H3/t13-,15-,16-/m1/s1. The van der Waals surface area contributed by atoms with Gasteiger partial charge >= 0.3 is 0 Å². The van der Waals surface area contributed by atoms with Crippen LogP contribution in [-0.4, -0.2) is 41.2 Å². The van der Waals surface area contributed by atoms with Crippen molar-refractivity contribution in [2.24, 2.45) is 0 Å². The van der Waals surface area contributed by atoms with Gasteiger partial charge in [0.1, 0.15) is 5.75 Å². The molecule has 1 aliphatic carbocycles. The minimum absolute atomic E-state index is 0.0811. The van der Waals surface area contributed by atoms with Crippen molar-refractivity contribution in [2.75, 3.05) is 7.05 Å². The predicted octanol–water partition coefficient (Wildman–Crippen LogP) is 2.52. The molecule has 0 aliphatic heterocycles. The molecule has 1 aromatic carbocycles. The van der Waals surface area contributed by atoms with Crippen LogP contribution in [0.3, 0.4) is 0 Å². The summed E-state index contributed by atoms with van der Waals surface area (Å²) in [6.07, 6.45) is 2.77. The maximum absolute atomic E-state index is 12.5. The van der Waals surface area contributed by atoms with E-state index in [0.29, 0.717) is 5.75 Å². The fourth-order valence-corrected chi connectivity index (χ4v) is 2.94. The molecule has 4 heteroatoms. The van der Waals surface area contributed by atoms with Crippen LogP contribution in [0.15, 0.2) is 24.3 Å². The predicted molar refractivity (Wildman–Crippen MR) is 82.3 cm³/mol. The molecular formula is C17H25NO3. The molecule has 3 atom stereocenters. The Morgan fingerprint density at radius 3 is 2.76 bits per heavy atom. The lowest BCUT2D eigenvalue weighted by Gasteiger charge is -2.36. The summed E-state index contributed by atoms with van der Waals surface area (Å²) in [6.45, 7) is 3.75. The van der Waals surface area contributed by atoms with Gasteiger partial charge in [-0.3, -0.25) is 4.79 Å². The molecule has 1 fully saturated rings. The maximum atomic E-state index is 12.5. The molecule has 0 heterocycles. The Bertz CT molecular complexity index is 489. The first-order valence-electron chi connectivity index (χ1n) is 7.67. The summed E-state index contributed by atoms with van der Waals surface area (Å²) >= 11 is 0. The van der Waals surface area contributed by atoms with Gasteiger partial charge in [-0.15, -0.1) is 0 Å². The van der Waals surface area contributed by atoms with Gasteiger partial charge in [0.05, 0.1) is 12.1 Å². The molecular weight excluding hydrogens is 266 g/mol. The Hall–Kier alpha value is -1.55. The molecule has 116 valence electrons. The Morgan fingerprint density at radius 2 is 2.10 bits per heavy atom. The molecule has 1 saturated carbocycles. The number of hydrogen-bond donors (Lipinski definition) is 1. The number of likely N-dealkylation sites (N-methyl/N-ethyl adjacent to an activating group) is 1. The maximum Gasteiger partial charge on any atom is 0.263 e. The molecule has 0 bridgehead atoms. The van der Waals surface area contributed by atoms with E-state index in [1.54, 1.807) is 18.9 Å². The molecule has 1 amide bonds. The lowest BCUT2D eigenvalue weighted by Crippen LogP contribution is -2.50. The zero-order valence-electron chi connectivity index (χ0n) is 13.1. The number of ether oxygens (including phenoxy) is 1. The number of carbonyl (C=O) groups is 1. The number of amides is 1. The summed E-state index contributed by atoms with van der Waals surface area (Å²) in [4.78, 5) is 14.1. The van der Waals surface area contributed by atoms with Gasteiger partial charge in [-0.25, -0.2) is 0 Å². The molecule has 21 heavy (non-hydrogen) atoms. The van der Waals surface area contributed by atoms with Crippen LogP contribution < -0.4 is 4.74 Å². The molecule has 4 nitrogen and oxygen atoms in total. The zero-order valence-corrected chi connectivity index (χ0v) is 13.1. The van der Waals surface area contributed by atoms with Gasteiger partial charge in [-0.2, -0.15) is 0 Å². The van der Waals surface area contributed by atoms with E-state index in [9.17, 15) is 9.90 Å². The Morgan fingerprint density at radius 1 is 1.38 bits per heavy atom.